The minimum absolute atomic E-state index is 1.10. The van der Waals surface area contributed by atoms with E-state index < -0.39 is 0 Å². The Morgan fingerprint density at radius 1 is 1.50 bits per heavy atom. The van der Waals surface area contributed by atoms with Gasteiger partial charge in [0, 0.05) is 3.58 Å². The summed E-state index contributed by atoms with van der Waals surface area (Å²) in [5, 5.41) is 0. The van der Waals surface area contributed by atoms with Gasteiger partial charge in [-0.15, -0.1) is 0 Å². The largest absolute Gasteiger partial charge is 0.0850 e. The van der Waals surface area contributed by atoms with E-state index in [0.717, 1.165) is 3.58 Å². The van der Waals surface area contributed by atoms with Crippen LogP contribution in [0.3, 0.4) is 0 Å². The molecule has 0 saturated heterocycles. The minimum Gasteiger partial charge on any atom is -0.0850 e. The lowest BCUT2D eigenvalue weighted by Gasteiger charge is -1.97. The molecule has 0 aliphatic heterocycles. The molecular weight excluding hydrogens is 235 g/mol. The topological polar surface area (TPSA) is 0 Å². The highest BCUT2D eigenvalue weighted by molar-refractivity contribution is 14.1. The van der Waals surface area contributed by atoms with Crippen LogP contribution in [0.4, 0.5) is 0 Å². The van der Waals surface area contributed by atoms with E-state index in [4.69, 9.17) is 0 Å². The molecule has 0 amide bonds. The molecule has 1 aromatic rings. The van der Waals surface area contributed by atoms with Crippen molar-refractivity contribution >= 4 is 26.2 Å². The molecule has 0 radical (unpaired) electrons. The number of halogens is 1. The predicted molar refractivity (Wildman–Crippen MR) is 54.2 cm³/mol. The Balaban J connectivity index is 3.07. The van der Waals surface area contributed by atoms with Crippen molar-refractivity contribution in [3.8, 4) is 0 Å². The van der Waals surface area contributed by atoms with Crippen LogP contribution >= 0.6 is 22.6 Å². The third kappa shape index (κ3) is 1.84. The van der Waals surface area contributed by atoms with Gasteiger partial charge in [-0.3, -0.25) is 0 Å². The third-order valence-corrected chi connectivity index (χ3v) is 1.95. The highest BCUT2D eigenvalue weighted by Crippen LogP contribution is 2.19. The number of hydrogen-bond donors (Lipinski definition) is 0. The number of benzene rings is 1. The molecule has 0 N–H and O–H groups in total. The summed E-state index contributed by atoms with van der Waals surface area (Å²) in [5.74, 6) is 0. The summed E-state index contributed by atoms with van der Waals surface area (Å²) in [4.78, 5) is 0. The van der Waals surface area contributed by atoms with E-state index in [1.165, 1.54) is 11.1 Å². The fourth-order valence-electron chi connectivity index (χ4n) is 0.814. The van der Waals surface area contributed by atoms with Crippen molar-refractivity contribution in [3.63, 3.8) is 0 Å². The van der Waals surface area contributed by atoms with E-state index in [1.807, 2.05) is 0 Å². The van der Waals surface area contributed by atoms with Crippen molar-refractivity contribution in [3.05, 3.63) is 42.0 Å². The predicted octanol–water partition coefficient (Wildman–Crippen LogP) is 3.40. The number of hydrogen-bond acceptors (Lipinski definition) is 0. The maximum absolute atomic E-state index is 3.85. The lowest BCUT2D eigenvalue weighted by atomic mass is 10.1. The summed E-state index contributed by atoms with van der Waals surface area (Å²) in [5.41, 5.74) is 2.51. The first-order valence-corrected chi connectivity index (χ1v) is 4.19. The van der Waals surface area contributed by atoms with Crippen LogP contribution in [0.1, 0.15) is 11.1 Å². The van der Waals surface area contributed by atoms with Crippen molar-refractivity contribution in [2.75, 3.05) is 0 Å². The lowest BCUT2D eigenvalue weighted by Crippen LogP contribution is -1.75. The van der Waals surface area contributed by atoms with Gasteiger partial charge in [0.15, 0.2) is 0 Å². The standard InChI is InChI=1S/C9H9I/c1-7-4-3-5-9(6-7)8(2)10/h3-6H,2H2,1H3. The summed E-state index contributed by atoms with van der Waals surface area (Å²) >= 11 is 2.23. The monoisotopic (exact) mass is 244 g/mol. The SMILES string of the molecule is C=C(I)c1cccc(C)c1. The number of aryl methyl sites for hydroxylation is 1. The Hall–Kier alpha value is -0.310. The van der Waals surface area contributed by atoms with Gasteiger partial charge in [0.2, 0.25) is 0 Å². The van der Waals surface area contributed by atoms with Gasteiger partial charge in [0.1, 0.15) is 0 Å². The molecule has 1 heteroatoms. The van der Waals surface area contributed by atoms with Gasteiger partial charge in [-0.25, -0.2) is 0 Å². The fourth-order valence-corrected chi connectivity index (χ4v) is 1.15. The summed E-state index contributed by atoms with van der Waals surface area (Å²) in [7, 11) is 0. The van der Waals surface area contributed by atoms with Crippen molar-refractivity contribution < 1.29 is 0 Å². The van der Waals surface area contributed by atoms with Gasteiger partial charge < -0.3 is 0 Å². The van der Waals surface area contributed by atoms with Crippen LogP contribution in [-0.4, -0.2) is 0 Å². The molecule has 0 saturated carbocycles. The molecule has 10 heavy (non-hydrogen) atoms. The van der Waals surface area contributed by atoms with E-state index >= 15 is 0 Å². The maximum atomic E-state index is 3.85. The van der Waals surface area contributed by atoms with E-state index in [9.17, 15) is 0 Å². The van der Waals surface area contributed by atoms with Crippen LogP contribution < -0.4 is 0 Å². The Bertz CT molecular complexity index is 251. The third-order valence-electron chi connectivity index (χ3n) is 1.33. The Morgan fingerprint density at radius 3 is 2.60 bits per heavy atom. The fraction of sp³-hybridized carbons (Fsp3) is 0.111. The molecule has 0 aliphatic rings. The lowest BCUT2D eigenvalue weighted by molar-refractivity contribution is 1.46. The summed E-state index contributed by atoms with van der Waals surface area (Å²) in [6.45, 7) is 5.94. The summed E-state index contributed by atoms with van der Waals surface area (Å²) < 4.78 is 1.10. The summed E-state index contributed by atoms with van der Waals surface area (Å²) in [6.07, 6.45) is 0. The molecule has 0 fully saturated rings. The van der Waals surface area contributed by atoms with Crippen LogP contribution in [0, 0.1) is 6.92 Å². The van der Waals surface area contributed by atoms with Gasteiger partial charge in [-0.05, 0) is 35.1 Å². The van der Waals surface area contributed by atoms with E-state index in [0.29, 0.717) is 0 Å². The molecule has 52 valence electrons. The molecule has 0 heterocycles. The maximum Gasteiger partial charge on any atom is 0.0131 e. The smallest absolute Gasteiger partial charge is 0.0131 e. The zero-order chi connectivity index (χ0) is 7.56. The van der Waals surface area contributed by atoms with E-state index in [-0.39, 0.29) is 0 Å². The normalized spacial score (nSPS) is 9.40. The Kier molecular flexibility index (Phi) is 2.49. The highest BCUT2D eigenvalue weighted by Gasteiger charge is 1.91. The van der Waals surface area contributed by atoms with Crippen molar-refractivity contribution in [2.24, 2.45) is 0 Å². The number of rotatable bonds is 1. The molecule has 1 rings (SSSR count). The molecule has 0 nitrogen and oxygen atoms in total. The van der Waals surface area contributed by atoms with Crippen molar-refractivity contribution in [2.45, 2.75) is 6.92 Å². The molecule has 0 aliphatic carbocycles. The Morgan fingerprint density at radius 2 is 2.20 bits per heavy atom. The first kappa shape index (κ1) is 7.79. The van der Waals surface area contributed by atoms with Gasteiger partial charge in [0.05, 0.1) is 0 Å². The van der Waals surface area contributed by atoms with Gasteiger partial charge in [0.25, 0.3) is 0 Å². The molecule has 0 bridgehead atoms. The second-order valence-corrected chi connectivity index (χ2v) is 3.58. The van der Waals surface area contributed by atoms with Crippen molar-refractivity contribution in [1.82, 2.24) is 0 Å². The first-order chi connectivity index (χ1) is 4.70. The quantitative estimate of drug-likeness (QED) is 0.664. The molecule has 0 aromatic heterocycles. The zero-order valence-electron chi connectivity index (χ0n) is 5.89. The van der Waals surface area contributed by atoms with Crippen molar-refractivity contribution in [1.29, 1.82) is 0 Å². The second kappa shape index (κ2) is 3.19. The van der Waals surface area contributed by atoms with Crippen LogP contribution in [-0.2, 0) is 0 Å². The van der Waals surface area contributed by atoms with Crippen LogP contribution in [0.5, 0.6) is 0 Å². The summed E-state index contributed by atoms with van der Waals surface area (Å²) in [6, 6.07) is 8.34. The van der Waals surface area contributed by atoms with Crippen LogP contribution in [0.25, 0.3) is 3.58 Å². The first-order valence-electron chi connectivity index (χ1n) is 3.11. The molecule has 0 spiro atoms. The molecule has 0 atom stereocenters. The van der Waals surface area contributed by atoms with E-state index in [1.54, 1.807) is 0 Å². The van der Waals surface area contributed by atoms with Crippen LogP contribution in [0.2, 0.25) is 0 Å². The molecular formula is C9H9I. The average molecular weight is 244 g/mol. The van der Waals surface area contributed by atoms with Crippen LogP contribution in [0.15, 0.2) is 30.8 Å². The van der Waals surface area contributed by atoms with Gasteiger partial charge in [-0.1, -0.05) is 36.4 Å². The highest BCUT2D eigenvalue weighted by atomic mass is 127. The second-order valence-electron chi connectivity index (χ2n) is 2.27. The van der Waals surface area contributed by atoms with Gasteiger partial charge in [-0.2, -0.15) is 0 Å². The minimum atomic E-state index is 1.10. The molecule has 1 aromatic carbocycles. The van der Waals surface area contributed by atoms with Gasteiger partial charge >= 0.3 is 0 Å². The zero-order valence-corrected chi connectivity index (χ0v) is 8.05. The van der Waals surface area contributed by atoms with E-state index in [2.05, 4.69) is 60.4 Å². The average Bonchev–Trinajstić information content (AvgIpc) is 1.88. The Labute approximate surface area is 75.1 Å². The molecule has 0 unspecified atom stereocenters.